The highest BCUT2D eigenvalue weighted by Gasteiger charge is 2.18. The summed E-state index contributed by atoms with van der Waals surface area (Å²) in [6.45, 7) is 4.93. The molecule has 2 atom stereocenters. The summed E-state index contributed by atoms with van der Waals surface area (Å²) >= 11 is 0. The second-order valence-electron chi connectivity index (χ2n) is 25.3. The van der Waals surface area contributed by atoms with E-state index >= 15 is 0 Å². The fourth-order valence-electron chi connectivity index (χ4n) is 11.4. The number of aliphatic hydroxyl groups excluding tert-OH is 2. The van der Waals surface area contributed by atoms with Crippen molar-refractivity contribution in [2.45, 2.75) is 411 Å². The van der Waals surface area contributed by atoms with Gasteiger partial charge in [-0.2, -0.15) is 0 Å². The van der Waals surface area contributed by atoms with Gasteiger partial charge >= 0.3 is 5.97 Å². The first-order valence-electron chi connectivity index (χ1n) is 36.9. The number of carbonyl (C=O) groups is 2. The fourth-order valence-corrected chi connectivity index (χ4v) is 11.4. The standard InChI is InChI=1S/C76H143NO5/c1-3-5-7-9-11-13-15-17-19-21-22-23-27-30-33-37-40-44-48-52-56-60-64-68-74(79)73(72-78)77-75(80)69-65-61-57-53-49-45-41-38-34-31-28-25-24-26-29-32-35-39-43-47-51-55-59-63-67-71-82-76(81)70-66-62-58-54-50-46-42-36-20-18-16-14-12-10-8-6-4-2/h18,20,25-26,28-29,64,68,73-74,78-79H,3-17,19,21-24,27,30-63,65-67,69-72H2,1-2H3,(H,77,80)/b20-18-,28-25-,29-26-,68-64+. The molecule has 0 aromatic rings. The van der Waals surface area contributed by atoms with Crippen LogP contribution in [0.1, 0.15) is 399 Å². The maximum absolute atomic E-state index is 12.5. The molecule has 6 heteroatoms. The van der Waals surface area contributed by atoms with E-state index in [1.165, 1.54) is 321 Å². The molecule has 0 rings (SSSR count). The Bertz CT molecular complexity index is 1370. The molecule has 0 aliphatic heterocycles. The largest absolute Gasteiger partial charge is 0.466 e. The number of allylic oxidation sites excluding steroid dienone is 7. The summed E-state index contributed by atoms with van der Waals surface area (Å²) < 4.78 is 5.50. The molecule has 0 fully saturated rings. The zero-order valence-electron chi connectivity index (χ0n) is 55.2. The summed E-state index contributed by atoms with van der Waals surface area (Å²) in [5, 5.41) is 23.3. The second kappa shape index (κ2) is 71.3. The Balaban J connectivity index is 3.45. The summed E-state index contributed by atoms with van der Waals surface area (Å²) in [4.78, 5) is 24.6. The van der Waals surface area contributed by atoms with E-state index in [9.17, 15) is 19.8 Å². The third-order valence-corrected chi connectivity index (χ3v) is 17.1. The lowest BCUT2D eigenvalue weighted by Crippen LogP contribution is -2.45. The molecular weight excluding hydrogens is 1010 g/mol. The molecule has 0 aliphatic carbocycles. The van der Waals surface area contributed by atoms with Gasteiger partial charge in [0.2, 0.25) is 5.91 Å². The van der Waals surface area contributed by atoms with Gasteiger partial charge in [0.15, 0.2) is 0 Å². The molecule has 6 nitrogen and oxygen atoms in total. The van der Waals surface area contributed by atoms with Crippen LogP contribution in [0.2, 0.25) is 0 Å². The number of aliphatic hydroxyl groups is 2. The van der Waals surface area contributed by atoms with Crippen molar-refractivity contribution in [2.24, 2.45) is 0 Å². The van der Waals surface area contributed by atoms with Crippen molar-refractivity contribution < 1.29 is 24.5 Å². The molecule has 0 aliphatic rings. The molecular formula is C76H143NO5. The summed E-state index contributed by atoms with van der Waals surface area (Å²) in [5.74, 6) is -0.0650. The van der Waals surface area contributed by atoms with Gasteiger partial charge in [0, 0.05) is 12.8 Å². The molecule has 3 N–H and O–H groups in total. The van der Waals surface area contributed by atoms with Gasteiger partial charge in [-0.05, 0) is 89.9 Å². The normalized spacial score (nSPS) is 12.8. The van der Waals surface area contributed by atoms with Crippen LogP contribution >= 0.6 is 0 Å². The highest BCUT2D eigenvalue weighted by Crippen LogP contribution is 2.18. The number of amides is 1. The average Bonchev–Trinajstić information content (AvgIpc) is 3.48. The average molecular weight is 1150 g/mol. The van der Waals surface area contributed by atoms with E-state index in [2.05, 4.69) is 55.6 Å². The number of carbonyl (C=O) groups excluding carboxylic acids is 2. The van der Waals surface area contributed by atoms with Gasteiger partial charge in [0.25, 0.3) is 0 Å². The predicted molar refractivity (Wildman–Crippen MR) is 361 cm³/mol. The summed E-state index contributed by atoms with van der Waals surface area (Å²) in [5.41, 5.74) is 0. The van der Waals surface area contributed by atoms with E-state index in [1.54, 1.807) is 6.08 Å². The van der Waals surface area contributed by atoms with Crippen molar-refractivity contribution in [3.8, 4) is 0 Å². The summed E-state index contributed by atoms with van der Waals surface area (Å²) in [7, 11) is 0. The monoisotopic (exact) mass is 1150 g/mol. The zero-order valence-corrected chi connectivity index (χ0v) is 55.2. The molecule has 0 saturated heterocycles. The lowest BCUT2D eigenvalue weighted by atomic mass is 10.0. The van der Waals surface area contributed by atoms with Crippen molar-refractivity contribution in [1.29, 1.82) is 0 Å². The van der Waals surface area contributed by atoms with Gasteiger partial charge in [-0.1, -0.05) is 345 Å². The van der Waals surface area contributed by atoms with Crippen molar-refractivity contribution in [3.63, 3.8) is 0 Å². The van der Waals surface area contributed by atoms with Gasteiger partial charge in [0.05, 0.1) is 25.4 Å². The first kappa shape index (κ1) is 79.8. The minimum atomic E-state index is -0.851. The Labute approximate surface area is 512 Å². The van der Waals surface area contributed by atoms with Crippen LogP contribution < -0.4 is 5.32 Å². The number of rotatable bonds is 69. The first-order valence-corrected chi connectivity index (χ1v) is 36.9. The van der Waals surface area contributed by atoms with E-state index in [0.29, 0.717) is 19.4 Å². The van der Waals surface area contributed by atoms with E-state index in [0.717, 1.165) is 51.4 Å². The maximum atomic E-state index is 12.5. The van der Waals surface area contributed by atoms with Crippen LogP contribution in [0.25, 0.3) is 0 Å². The molecule has 0 saturated carbocycles. The van der Waals surface area contributed by atoms with Crippen LogP contribution in [0.5, 0.6) is 0 Å². The van der Waals surface area contributed by atoms with Gasteiger partial charge in [0.1, 0.15) is 0 Å². The third-order valence-electron chi connectivity index (χ3n) is 17.1. The SMILES string of the molecule is CCCCCCCC/C=C\CCCCCCCCCC(=O)OCCCCCCCCCCC/C=C\C/C=C\CCCCCCCCCCCC(=O)NC(CO)C(O)/C=C/CCCCCCCCCCCCCCCCCCCCCCC. The van der Waals surface area contributed by atoms with Gasteiger partial charge in [-0.15, -0.1) is 0 Å². The molecule has 0 aromatic heterocycles. The van der Waals surface area contributed by atoms with Gasteiger partial charge < -0.3 is 20.3 Å². The highest BCUT2D eigenvalue weighted by atomic mass is 16.5. The molecule has 482 valence electrons. The van der Waals surface area contributed by atoms with E-state index in [1.807, 2.05) is 6.08 Å². The quantitative estimate of drug-likeness (QED) is 0.0320. The zero-order chi connectivity index (χ0) is 59.2. The van der Waals surface area contributed by atoms with E-state index in [-0.39, 0.29) is 18.5 Å². The number of hydrogen-bond acceptors (Lipinski definition) is 5. The van der Waals surface area contributed by atoms with Gasteiger partial charge in [-0.3, -0.25) is 9.59 Å². The third kappa shape index (κ3) is 67.0. The molecule has 2 unspecified atom stereocenters. The molecule has 82 heavy (non-hydrogen) atoms. The van der Waals surface area contributed by atoms with Crippen LogP contribution in [0, 0.1) is 0 Å². The maximum Gasteiger partial charge on any atom is 0.305 e. The molecule has 0 spiro atoms. The predicted octanol–water partition coefficient (Wildman–Crippen LogP) is 24.0. The number of ether oxygens (including phenoxy) is 1. The lowest BCUT2D eigenvalue weighted by Gasteiger charge is -2.20. The summed E-state index contributed by atoms with van der Waals surface area (Å²) in [6.07, 6.45) is 93.4. The van der Waals surface area contributed by atoms with E-state index < -0.39 is 12.1 Å². The number of unbranched alkanes of at least 4 members (excludes halogenated alkanes) is 52. The molecule has 0 radical (unpaired) electrons. The molecule has 0 bridgehead atoms. The Morgan fingerprint density at radius 2 is 0.610 bits per heavy atom. The first-order chi connectivity index (χ1) is 40.5. The van der Waals surface area contributed by atoms with Crippen molar-refractivity contribution in [3.05, 3.63) is 48.6 Å². The van der Waals surface area contributed by atoms with Crippen LogP contribution in [-0.4, -0.2) is 47.4 Å². The Morgan fingerprint density at radius 1 is 0.341 bits per heavy atom. The number of hydrogen-bond donors (Lipinski definition) is 3. The summed E-state index contributed by atoms with van der Waals surface area (Å²) in [6, 6.07) is -0.635. The highest BCUT2D eigenvalue weighted by molar-refractivity contribution is 5.76. The van der Waals surface area contributed by atoms with Gasteiger partial charge in [-0.25, -0.2) is 0 Å². The Hall–Kier alpha value is -2.18. The number of esters is 1. The Morgan fingerprint density at radius 3 is 0.939 bits per heavy atom. The fraction of sp³-hybridized carbons (Fsp3) is 0.868. The van der Waals surface area contributed by atoms with Crippen molar-refractivity contribution >= 4 is 11.9 Å². The lowest BCUT2D eigenvalue weighted by molar-refractivity contribution is -0.143. The minimum Gasteiger partial charge on any atom is -0.466 e. The van der Waals surface area contributed by atoms with Crippen LogP contribution in [0.15, 0.2) is 48.6 Å². The molecule has 0 aromatic carbocycles. The molecule has 0 heterocycles. The smallest absolute Gasteiger partial charge is 0.305 e. The van der Waals surface area contributed by atoms with Crippen LogP contribution in [0.4, 0.5) is 0 Å². The van der Waals surface area contributed by atoms with Crippen LogP contribution in [-0.2, 0) is 14.3 Å². The van der Waals surface area contributed by atoms with Crippen molar-refractivity contribution in [1.82, 2.24) is 5.32 Å². The molecule has 1 amide bonds. The topological polar surface area (TPSA) is 95.9 Å². The van der Waals surface area contributed by atoms with Crippen molar-refractivity contribution in [2.75, 3.05) is 13.2 Å². The second-order valence-corrected chi connectivity index (χ2v) is 25.3. The minimum absolute atomic E-state index is 0.00564. The van der Waals surface area contributed by atoms with Crippen LogP contribution in [0.3, 0.4) is 0 Å². The number of nitrogens with one attached hydrogen (secondary N) is 1. The van der Waals surface area contributed by atoms with E-state index in [4.69, 9.17) is 4.74 Å². The Kier molecular flexibility index (Phi) is 69.4.